The Morgan fingerprint density at radius 1 is 1.15 bits per heavy atom. The van der Waals surface area contributed by atoms with Crippen LogP contribution in [0.4, 0.5) is 5.69 Å². The largest absolute Gasteiger partial charge is 0.323 e. The summed E-state index contributed by atoms with van der Waals surface area (Å²) in [6, 6.07) is 9.48. The first-order valence-electron chi connectivity index (χ1n) is 8.10. The van der Waals surface area contributed by atoms with E-state index in [1.807, 2.05) is 6.92 Å². The van der Waals surface area contributed by atoms with Gasteiger partial charge in [0.25, 0.3) is 10.0 Å². The molecular formula is C18H16Cl2N2O4S. The van der Waals surface area contributed by atoms with Crippen molar-refractivity contribution in [2.45, 2.75) is 30.7 Å². The fourth-order valence-corrected chi connectivity index (χ4v) is 4.89. The van der Waals surface area contributed by atoms with Crippen LogP contribution in [0, 0.1) is 6.92 Å². The zero-order valence-electron chi connectivity index (χ0n) is 14.3. The van der Waals surface area contributed by atoms with Crippen molar-refractivity contribution in [1.29, 1.82) is 0 Å². The number of halogens is 2. The van der Waals surface area contributed by atoms with Crippen LogP contribution in [0.25, 0.3) is 0 Å². The van der Waals surface area contributed by atoms with Crippen molar-refractivity contribution in [2.24, 2.45) is 0 Å². The summed E-state index contributed by atoms with van der Waals surface area (Å²) >= 11 is 11.9. The van der Waals surface area contributed by atoms with E-state index in [2.05, 4.69) is 5.32 Å². The molecule has 0 aromatic heterocycles. The summed E-state index contributed by atoms with van der Waals surface area (Å²) in [4.78, 5) is 24.9. The van der Waals surface area contributed by atoms with Crippen LogP contribution in [-0.4, -0.2) is 30.6 Å². The number of nitrogens with one attached hydrogen (secondary N) is 1. The smallest absolute Gasteiger partial charge is 0.267 e. The minimum absolute atomic E-state index is 0.0302. The zero-order valence-corrected chi connectivity index (χ0v) is 16.6. The highest BCUT2D eigenvalue weighted by molar-refractivity contribution is 7.89. The van der Waals surface area contributed by atoms with E-state index in [0.29, 0.717) is 9.33 Å². The summed E-state index contributed by atoms with van der Waals surface area (Å²) in [5, 5.41) is 3.19. The number of carbonyl (C=O) groups excluding carboxylic acids is 2. The average Bonchev–Trinajstić information content (AvgIpc) is 3.00. The van der Waals surface area contributed by atoms with Gasteiger partial charge in [0.2, 0.25) is 11.8 Å². The van der Waals surface area contributed by atoms with Gasteiger partial charge >= 0.3 is 0 Å². The molecule has 1 saturated heterocycles. The second kappa shape index (κ2) is 7.50. The van der Waals surface area contributed by atoms with Gasteiger partial charge in [-0.25, -0.2) is 12.7 Å². The topological polar surface area (TPSA) is 83.6 Å². The number of nitrogens with zero attached hydrogens (tertiary/aromatic N) is 1. The molecule has 0 spiro atoms. The van der Waals surface area contributed by atoms with Crippen molar-refractivity contribution in [2.75, 3.05) is 5.32 Å². The van der Waals surface area contributed by atoms with Crippen molar-refractivity contribution in [3.63, 3.8) is 0 Å². The number of benzene rings is 2. The van der Waals surface area contributed by atoms with E-state index in [1.54, 1.807) is 18.2 Å². The van der Waals surface area contributed by atoms with E-state index in [9.17, 15) is 18.0 Å². The molecule has 2 aromatic carbocycles. The molecule has 0 saturated carbocycles. The molecular weight excluding hydrogens is 411 g/mol. The fourth-order valence-electron chi connectivity index (χ4n) is 2.83. The van der Waals surface area contributed by atoms with Crippen LogP contribution in [0.3, 0.4) is 0 Å². The molecule has 1 heterocycles. The van der Waals surface area contributed by atoms with Gasteiger partial charge in [0.1, 0.15) is 6.04 Å². The lowest BCUT2D eigenvalue weighted by molar-refractivity contribution is -0.128. The van der Waals surface area contributed by atoms with Crippen LogP contribution in [0.15, 0.2) is 47.4 Å². The molecule has 0 unspecified atom stereocenters. The molecule has 3 rings (SSSR count). The summed E-state index contributed by atoms with van der Waals surface area (Å²) in [6.45, 7) is 1.82. The van der Waals surface area contributed by atoms with Gasteiger partial charge in [0, 0.05) is 11.4 Å². The Morgan fingerprint density at radius 2 is 1.81 bits per heavy atom. The highest BCUT2D eigenvalue weighted by Gasteiger charge is 2.44. The number of hydrogen-bond acceptors (Lipinski definition) is 4. The third kappa shape index (κ3) is 3.95. The first kappa shape index (κ1) is 19.7. The number of amides is 2. The first-order chi connectivity index (χ1) is 12.7. The third-order valence-electron chi connectivity index (χ3n) is 4.23. The molecule has 6 nitrogen and oxygen atoms in total. The van der Waals surface area contributed by atoms with Crippen molar-refractivity contribution in [1.82, 2.24) is 4.31 Å². The summed E-state index contributed by atoms with van der Waals surface area (Å²) < 4.78 is 26.5. The highest BCUT2D eigenvalue weighted by atomic mass is 35.5. The van der Waals surface area contributed by atoms with E-state index in [-0.39, 0.29) is 28.4 Å². The van der Waals surface area contributed by atoms with E-state index in [0.717, 1.165) is 5.56 Å². The van der Waals surface area contributed by atoms with Gasteiger partial charge in [-0.1, -0.05) is 40.9 Å². The zero-order chi connectivity index (χ0) is 19.8. The van der Waals surface area contributed by atoms with Crippen LogP contribution in [0.1, 0.15) is 18.4 Å². The van der Waals surface area contributed by atoms with Crippen molar-refractivity contribution in [3.8, 4) is 0 Å². The van der Waals surface area contributed by atoms with Crippen LogP contribution < -0.4 is 5.32 Å². The molecule has 0 aliphatic carbocycles. The normalized spacial score (nSPS) is 17.2. The lowest BCUT2D eigenvalue weighted by atomic mass is 10.2. The molecule has 1 aliphatic rings. The fraction of sp³-hybridized carbons (Fsp3) is 0.222. The third-order valence-corrected chi connectivity index (χ3v) is 6.62. The Bertz CT molecular complexity index is 1010. The van der Waals surface area contributed by atoms with E-state index in [4.69, 9.17) is 23.2 Å². The number of sulfonamides is 1. The second-order valence-electron chi connectivity index (χ2n) is 6.18. The van der Waals surface area contributed by atoms with Gasteiger partial charge in [-0.15, -0.1) is 0 Å². The maximum Gasteiger partial charge on any atom is 0.267 e. The van der Waals surface area contributed by atoms with Gasteiger partial charge in [0.05, 0.1) is 15.6 Å². The van der Waals surface area contributed by atoms with Crippen LogP contribution in [0.2, 0.25) is 10.0 Å². The maximum atomic E-state index is 12.9. The SMILES string of the molecule is Cc1ccc(S(=O)(=O)N2C(=O)CC[C@H]2C(=O)Nc2ccc(Cl)cc2Cl)cc1. The van der Waals surface area contributed by atoms with Crippen LogP contribution in [0.5, 0.6) is 0 Å². The summed E-state index contributed by atoms with van der Waals surface area (Å²) in [7, 11) is -4.14. The van der Waals surface area contributed by atoms with E-state index >= 15 is 0 Å². The van der Waals surface area contributed by atoms with Gasteiger partial charge in [-0.2, -0.15) is 0 Å². The molecule has 9 heteroatoms. The molecule has 142 valence electrons. The van der Waals surface area contributed by atoms with Crippen molar-refractivity contribution in [3.05, 3.63) is 58.1 Å². The van der Waals surface area contributed by atoms with Gasteiger partial charge in [-0.05, 0) is 43.7 Å². The maximum absolute atomic E-state index is 12.9. The number of anilines is 1. The minimum atomic E-state index is -4.14. The summed E-state index contributed by atoms with van der Waals surface area (Å²) in [5.74, 6) is -1.24. The lowest BCUT2D eigenvalue weighted by Gasteiger charge is -2.24. The average molecular weight is 427 g/mol. The first-order valence-corrected chi connectivity index (χ1v) is 10.3. The molecule has 0 radical (unpaired) electrons. The molecule has 2 amide bonds. The summed E-state index contributed by atoms with van der Waals surface area (Å²) in [5.41, 5.74) is 1.17. The summed E-state index contributed by atoms with van der Waals surface area (Å²) in [6.07, 6.45) is 0.0680. The second-order valence-corrected chi connectivity index (χ2v) is 8.83. The Balaban J connectivity index is 1.89. The number of hydrogen-bond donors (Lipinski definition) is 1. The Labute approximate surface area is 167 Å². The van der Waals surface area contributed by atoms with Gasteiger partial charge in [-0.3, -0.25) is 9.59 Å². The predicted molar refractivity (Wildman–Crippen MR) is 103 cm³/mol. The highest BCUT2D eigenvalue weighted by Crippen LogP contribution is 2.30. The molecule has 1 atom stereocenters. The lowest BCUT2D eigenvalue weighted by Crippen LogP contribution is -2.45. The van der Waals surface area contributed by atoms with Crippen LogP contribution >= 0.6 is 23.2 Å². The monoisotopic (exact) mass is 426 g/mol. The Kier molecular flexibility index (Phi) is 5.46. The number of carbonyl (C=O) groups is 2. The molecule has 2 aromatic rings. The van der Waals surface area contributed by atoms with E-state index < -0.39 is 27.9 Å². The quantitative estimate of drug-likeness (QED) is 0.808. The van der Waals surface area contributed by atoms with Crippen molar-refractivity contribution >= 4 is 50.7 Å². The number of aryl methyl sites for hydroxylation is 1. The standard InChI is InChI=1S/C18H16Cl2N2O4S/c1-11-2-5-13(6-3-11)27(25,26)22-16(8-9-17(22)23)18(24)21-15-7-4-12(19)10-14(15)20/h2-7,10,16H,8-9H2,1H3,(H,21,24)/t16-/m0/s1. The molecule has 1 fully saturated rings. The van der Waals surface area contributed by atoms with E-state index in [1.165, 1.54) is 24.3 Å². The molecule has 27 heavy (non-hydrogen) atoms. The minimum Gasteiger partial charge on any atom is -0.323 e. The van der Waals surface area contributed by atoms with Crippen molar-refractivity contribution < 1.29 is 18.0 Å². The molecule has 1 N–H and O–H groups in total. The van der Waals surface area contributed by atoms with Gasteiger partial charge in [0.15, 0.2) is 0 Å². The molecule has 0 bridgehead atoms. The van der Waals surface area contributed by atoms with Gasteiger partial charge < -0.3 is 5.32 Å². The predicted octanol–water partition coefficient (Wildman–Crippen LogP) is 3.62. The number of rotatable bonds is 4. The Hall–Kier alpha value is -2.09. The molecule has 1 aliphatic heterocycles. The Morgan fingerprint density at radius 3 is 2.44 bits per heavy atom. The van der Waals surface area contributed by atoms with Crippen LogP contribution in [-0.2, 0) is 19.6 Å².